The largest absolute Gasteiger partial charge is 0.445 e. The zero-order chi connectivity index (χ0) is 22.8. The first-order valence-electron chi connectivity index (χ1n) is 11.5. The van der Waals surface area contributed by atoms with Gasteiger partial charge in [0.15, 0.2) is 5.65 Å². The fourth-order valence-corrected chi connectivity index (χ4v) is 4.28. The Kier molecular flexibility index (Phi) is 5.81. The molecule has 0 aliphatic carbocycles. The molecule has 3 heterocycles. The molecular formula is C25H28N6O2. The zero-order valence-corrected chi connectivity index (χ0v) is 19.0. The molecule has 0 radical (unpaired) electrons. The maximum Gasteiger partial charge on any atom is 0.410 e. The van der Waals surface area contributed by atoms with Crippen molar-refractivity contribution in [3.8, 4) is 0 Å². The van der Waals surface area contributed by atoms with Crippen LogP contribution in [0.4, 0.5) is 10.7 Å². The highest BCUT2D eigenvalue weighted by molar-refractivity contribution is 5.92. The van der Waals surface area contributed by atoms with Crippen molar-refractivity contribution in [2.24, 2.45) is 0 Å². The quantitative estimate of drug-likeness (QED) is 0.468. The number of nitrogens with zero attached hydrogens (tertiary/aromatic N) is 6. The van der Waals surface area contributed by atoms with Crippen LogP contribution in [0.15, 0.2) is 54.6 Å². The molecule has 2 aromatic carbocycles. The number of fused-ring (bicyclic) bond motifs is 3. The van der Waals surface area contributed by atoms with E-state index in [1.165, 1.54) is 0 Å². The molecule has 1 aliphatic rings. The first kappa shape index (κ1) is 21.2. The van der Waals surface area contributed by atoms with E-state index in [4.69, 9.17) is 9.72 Å². The van der Waals surface area contributed by atoms with E-state index < -0.39 is 0 Å². The van der Waals surface area contributed by atoms with Crippen LogP contribution in [0.25, 0.3) is 16.6 Å². The Balaban J connectivity index is 1.39. The number of carbonyl (C=O) groups excluding carboxylic acids is 1. The van der Waals surface area contributed by atoms with Crippen molar-refractivity contribution in [1.82, 2.24) is 24.5 Å². The summed E-state index contributed by atoms with van der Waals surface area (Å²) in [6.45, 7) is 7.19. The van der Waals surface area contributed by atoms with Gasteiger partial charge in [-0.25, -0.2) is 14.2 Å². The number of ether oxygens (including phenoxy) is 1. The third-order valence-electron chi connectivity index (χ3n) is 6.01. The smallest absolute Gasteiger partial charge is 0.410 e. The van der Waals surface area contributed by atoms with Gasteiger partial charge in [-0.1, -0.05) is 56.3 Å². The fourth-order valence-electron chi connectivity index (χ4n) is 4.28. The summed E-state index contributed by atoms with van der Waals surface area (Å²) in [5, 5.41) is 9.97. The zero-order valence-electron chi connectivity index (χ0n) is 19.0. The van der Waals surface area contributed by atoms with Crippen LogP contribution in [0, 0.1) is 0 Å². The van der Waals surface area contributed by atoms with E-state index in [1.54, 1.807) is 4.90 Å². The Bertz CT molecular complexity index is 1270. The van der Waals surface area contributed by atoms with Gasteiger partial charge in [0.05, 0.1) is 5.52 Å². The molecule has 4 aromatic rings. The molecule has 170 valence electrons. The van der Waals surface area contributed by atoms with Crippen LogP contribution in [0.1, 0.15) is 37.6 Å². The average Bonchev–Trinajstić information content (AvgIpc) is 3.15. The summed E-state index contributed by atoms with van der Waals surface area (Å²) in [6.07, 6.45) is 0.555. The third kappa shape index (κ3) is 4.20. The van der Waals surface area contributed by atoms with Crippen molar-refractivity contribution in [3.05, 3.63) is 66.0 Å². The van der Waals surface area contributed by atoms with Crippen molar-refractivity contribution in [1.29, 1.82) is 0 Å². The van der Waals surface area contributed by atoms with Gasteiger partial charge in [0.1, 0.15) is 12.4 Å². The highest BCUT2D eigenvalue weighted by Gasteiger charge is 2.25. The topological polar surface area (TPSA) is 75.9 Å². The number of benzene rings is 2. The second-order valence-corrected chi connectivity index (χ2v) is 8.67. The lowest BCUT2D eigenvalue weighted by molar-refractivity contribution is 0.0986. The van der Waals surface area contributed by atoms with Gasteiger partial charge in [0.25, 0.3) is 0 Å². The minimum atomic E-state index is -0.274. The lowest BCUT2D eigenvalue weighted by Crippen LogP contribution is -2.36. The number of carbonyl (C=O) groups is 1. The monoisotopic (exact) mass is 444 g/mol. The van der Waals surface area contributed by atoms with Gasteiger partial charge in [-0.05, 0) is 24.1 Å². The van der Waals surface area contributed by atoms with E-state index >= 15 is 0 Å². The van der Waals surface area contributed by atoms with E-state index in [9.17, 15) is 4.79 Å². The second kappa shape index (κ2) is 9.05. The van der Waals surface area contributed by atoms with Crippen LogP contribution in [0.3, 0.4) is 0 Å². The van der Waals surface area contributed by atoms with Crippen molar-refractivity contribution in [3.63, 3.8) is 0 Å². The standard InChI is InChI=1S/C25H28N6O2/c1-18(2)22-27-28-23-20-11-6-7-12-21(20)26-24(31(22)23)29-13-8-14-30(16-15-29)25(32)33-17-19-9-4-3-5-10-19/h3-7,9-12,18H,8,13-17H2,1-2H3. The predicted octanol–water partition coefficient (Wildman–Crippen LogP) is 4.25. The molecule has 0 unspecified atom stereocenters. The number of amides is 1. The molecule has 1 fully saturated rings. The average molecular weight is 445 g/mol. The summed E-state index contributed by atoms with van der Waals surface area (Å²) < 4.78 is 7.64. The summed E-state index contributed by atoms with van der Waals surface area (Å²) >= 11 is 0. The Labute approximate surface area is 192 Å². The molecule has 8 nitrogen and oxygen atoms in total. The summed E-state index contributed by atoms with van der Waals surface area (Å²) in [7, 11) is 0. The number of para-hydroxylation sites is 1. The van der Waals surface area contributed by atoms with E-state index in [2.05, 4.69) is 33.3 Å². The maximum atomic E-state index is 12.7. The Morgan fingerprint density at radius 3 is 2.58 bits per heavy atom. The van der Waals surface area contributed by atoms with Crippen molar-refractivity contribution >= 4 is 28.6 Å². The summed E-state index contributed by atoms with van der Waals surface area (Å²) in [5.74, 6) is 1.93. The van der Waals surface area contributed by atoms with Gasteiger partial charge in [-0.2, -0.15) is 0 Å². The molecule has 0 saturated carbocycles. The molecule has 1 aliphatic heterocycles. The van der Waals surface area contributed by atoms with Crippen LogP contribution < -0.4 is 4.90 Å². The van der Waals surface area contributed by atoms with Gasteiger partial charge >= 0.3 is 6.09 Å². The molecule has 0 spiro atoms. The third-order valence-corrected chi connectivity index (χ3v) is 6.01. The van der Waals surface area contributed by atoms with E-state index in [0.29, 0.717) is 19.6 Å². The minimum absolute atomic E-state index is 0.207. The summed E-state index contributed by atoms with van der Waals surface area (Å²) in [6, 6.07) is 17.8. The van der Waals surface area contributed by atoms with E-state index in [0.717, 1.165) is 46.9 Å². The number of aromatic nitrogens is 4. The normalized spacial score (nSPS) is 14.8. The van der Waals surface area contributed by atoms with E-state index in [1.807, 2.05) is 54.6 Å². The molecule has 5 rings (SSSR count). The predicted molar refractivity (Wildman–Crippen MR) is 127 cm³/mol. The lowest BCUT2D eigenvalue weighted by Gasteiger charge is -2.24. The highest BCUT2D eigenvalue weighted by Crippen LogP contribution is 2.27. The number of anilines is 1. The Hall–Kier alpha value is -3.68. The van der Waals surface area contributed by atoms with Crippen LogP contribution in [-0.4, -0.2) is 56.8 Å². The van der Waals surface area contributed by atoms with Gasteiger partial charge in [-0.3, -0.25) is 0 Å². The summed E-state index contributed by atoms with van der Waals surface area (Å²) in [5.41, 5.74) is 2.70. The van der Waals surface area contributed by atoms with Crippen molar-refractivity contribution < 1.29 is 9.53 Å². The van der Waals surface area contributed by atoms with Gasteiger partial charge < -0.3 is 14.5 Å². The molecule has 1 amide bonds. The van der Waals surface area contributed by atoms with Crippen molar-refractivity contribution in [2.45, 2.75) is 32.8 Å². The number of rotatable bonds is 4. The van der Waals surface area contributed by atoms with Gasteiger partial charge in [-0.15, -0.1) is 10.2 Å². The molecule has 0 bridgehead atoms. The SMILES string of the molecule is CC(C)c1nnc2c3ccccc3nc(N3CCCN(C(=O)OCc4ccccc4)CC3)n12. The summed E-state index contributed by atoms with van der Waals surface area (Å²) in [4.78, 5) is 21.7. The Morgan fingerprint density at radius 1 is 0.970 bits per heavy atom. The second-order valence-electron chi connectivity index (χ2n) is 8.67. The molecule has 0 atom stereocenters. The minimum Gasteiger partial charge on any atom is -0.445 e. The van der Waals surface area contributed by atoms with Gasteiger partial charge in [0, 0.05) is 37.5 Å². The highest BCUT2D eigenvalue weighted by atomic mass is 16.6. The lowest BCUT2D eigenvalue weighted by atomic mass is 10.2. The molecule has 8 heteroatoms. The fraction of sp³-hybridized carbons (Fsp3) is 0.360. The molecule has 0 N–H and O–H groups in total. The van der Waals surface area contributed by atoms with Crippen LogP contribution >= 0.6 is 0 Å². The van der Waals surface area contributed by atoms with Crippen LogP contribution in [-0.2, 0) is 11.3 Å². The van der Waals surface area contributed by atoms with Crippen molar-refractivity contribution in [2.75, 3.05) is 31.1 Å². The molecule has 33 heavy (non-hydrogen) atoms. The van der Waals surface area contributed by atoms with Crippen LogP contribution in [0.2, 0.25) is 0 Å². The number of hydrogen-bond donors (Lipinski definition) is 0. The van der Waals surface area contributed by atoms with Gasteiger partial charge in [0.2, 0.25) is 5.95 Å². The first-order chi connectivity index (χ1) is 16.1. The first-order valence-corrected chi connectivity index (χ1v) is 11.5. The van der Waals surface area contributed by atoms with E-state index in [-0.39, 0.29) is 18.6 Å². The van der Waals surface area contributed by atoms with Crippen LogP contribution in [0.5, 0.6) is 0 Å². The molecule has 1 saturated heterocycles. The molecule has 2 aromatic heterocycles. The maximum absolute atomic E-state index is 12.7. The number of hydrogen-bond acceptors (Lipinski definition) is 6. The Morgan fingerprint density at radius 2 is 1.76 bits per heavy atom. The molecular weight excluding hydrogens is 416 g/mol.